The normalized spacial score (nSPS) is 24.8. The first kappa shape index (κ1) is 16.6. The van der Waals surface area contributed by atoms with Gasteiger partial charge in [0.05, 0.1) is 16.9 Å². The van der Waals surface area contributed by atoms with E-state index in [0.29, 0.717) is 12.0 Å². The van der Waals surface area contributed by atoms with Crippen LogP contribution in [0.2, 0.25) is 0 Å². The first-order valence-corrected chi connectivity index (χ1v) is 7.28. The van der Waals surface area contributed by atoms with E-state index in [0.717, 1.165) is 0 Å². The highest BCUT2D eigenvalue weighted by atomic mass is 16.6. The molecule has 0 saturated carbocycles. The quantitative estimate of drug-likeness (QED) is 0.660. The van der Waals surface area contributed by atoms with Gasteiger partial charge in [-0.3, -0.25) is 14.9 Å². The summed E-state index contributed by atoms with van der Waals surface area (Å²) in [6, 6.07) is 5.83. The highest BCUT2D eigenvalue weighted by molar-refractivity contribution is 5.85. The SMILES string of the molecule is CC1(C)CC(=O)[C@@H]([C@@H](O)c2cccc([N+](=O)[O-])c2)C(C)(C)N1. The molecule has 2 atom stereocenters. The fourth-order valence-corrected chi connectivity index (χ4v) is 3.53. The zero-order valence-corrected chi connectivity index (χ0v) is 13.3. The standard InChI is InChI=1S/C16H22N2O4/c1-15(2)9-12(19)13(16(3,4)17-15)14(20)10-6-5-7-11(8-10)18(21)22/h5-8,13-14,17,20H,9H2,1-4H3/t13-,14-/m0/s1. The Kier molecular flexibility index (Phi) is 4.10. The smallest absolute Gasteiger partial charge is 0.269 e. The number of rotatable bonds is 3. The number of nitrogens with zero attached hydrogens (tertiary/aromatic N) is 1. The van der Waals surface area contributed by atoms with Crippen molar-refractivity contribution in [2.45, 2.75) is 51.3 Å². The molecule has 0 unspecified atom stereocenters. The lowest BCUT2D eigenvalue weighted by Gasteiger charge is -2.48. The van der Waals surface area contributed by atoms with Gasteiger partial charge in [0.2, 0.25) is 0 Å². The number of benzene rings is 1. The summed E-state index contributed by atoms with van der Waals surface area (Å²) in [5, 5.41) is 24.9. The van der Waals surface area contributed by atoms with E-state index in [1.807, 2.05) is 27.7 Å². The minimum Gasteiger partial charge on any atom is -0.388 e. The summed E-state index contributed by atoms with van der Waals surface area (Å²) in [6.45, 7) is 7.64. The number of Topliss-reactive ketones (excluding diaryl/α,β-unsaturated/α-hetero) is 1. The first-order chi connectivity index (χ1) is 10.0. The molecule has 1 saturated heterocycles. The summed E-state index contributed by atoms with van der Waals surface area (Å²) in [4.78, 5) is 22.9. The third-order valence-corrected chi connectivity index (χ3v) is 4.14. The first-order valence-electron chi connectivity index (χ1n) is 7.28. The molecule has 2 N–H and O–H groups in total. The van der Waals surface area contributed by atoms with Gasteiger partial charge in [0.15, 0.2) is 0 Å². The van der Waals surface area contributed by atoms with Gasteiger partial charge in [-0.1, -0.05) is 12.1 Å². The van der Waals surface area contributed by atoms with E-state index in [2.05, 4.69) is 5.32 Å². The van der Waals surface area contributed by atoms with Crippen molar-refractivity contribution in [3.05, 3.63) is 39.9 Å². The van der Waals surface area contributed by atoms with Crippen LogP contribution in [0.15, 0.2) is 24.3 Å². The van der Waals surface area contributed by atoms with Gasteiger partial charge in [0, 0.05) is 29.6 Å². The van der Waals surface area contributed by atoms with Crippen molar-refractivity contribution in [2.75, 3.05) is 0 Å². The number of nitro benzene ring substituents is 1. The van der Waals surface area contributed by atoms with Gasteiger partial charge in [0.25, 0.3) is 5.69 Å². The van der Waals surface area contributed by atoms with Crippen LogP contribution >= 0.6 is 0 Å². The van der Waals surface area contributed by atoms with Crippen molar-refractivity contribution in [3.63, 3.8) is 0 Å². The number of piperidine rings is 1. The number of hydrogen-bond acceptors (Lipinski definition) is 5. The third-order valence-electron chi connectivity index (χ3n) is 4.14. The lowest BCUT2D eigenvalue weighted by molar-refractivity contribution is -0.385. The van der Waals surface area contributed by atoms with Crippen LogP contribution in [0.1, 0.15) is 45.8 Å². The molecule has 6 nitrogen and oxygen atoms in total. The molecule has 0 aliphatic carbocycles. The molecule has 22 heavy (non-hydrogen) atoms. The molecule has 120 valence electrons. The maximum absolute atomic E-state index is 12.5. The van der Waals surface area contributed by atoms with Crippen molar-refractivity contribution >= 4 is 11.5 Å². The zero-order chi connectivity index (χ0) is 16.7. The second-order valence-electron chi connectivity index (χ2n) is 7.15. The summed E-state index contributed by atoms with van der Waals surface area (Å²) in [6.07, 6.45) is -0.765. The van der Waals surface area contributed by atoms with Gasteiger partial charge in [-0.15, -0.1) is 0 Å². The predicted octanol–water partition coefficient (Wildman–Crippen LogP) is 2.36. The van der Waals surface area contributed by atoms with E-state index < -0.39 is 22.5 Å². The molecule has 2 rings (SSSR count). The zero-order valence-electron chi connectivity index (χ0n) is 13.3. The second kappa shape index (κ2) is 5.44. The molecule has 0 bridgehead atoms. The van der Waals surface area contributed by atoms with E-state index in [1.54, 1.807) is 6.07 Å². The number of ketones is 1. The van der Waals surface area contributed by atoms with Crippen LogP contribution < -0.4 is 5.32 Å². The number of aliphatic hydroxyl groups excluding tert-OH is 1. The Morgan fingerprint density at radius 1 is 1.36 bits per heavy atom. The fourth-order valence-electron chi connectivity index (χ4n) is 3.53. The average molecular weight is 306 g/mol. The van der Waals surface area contributed by atoms with Gasteiger partial charge >= 0.3 is 0 Å². The van der Waals surface area contributed by atoms with E-state index in [-0.39, 0.29) is 17.0 Å². The molecule has 0 aromatic heterocycles. The van der Waals surface area contributed by atoms with E-state index in [9.17, 15) is 20.0 Å². The molecule has 1 aromatic carbocycles. The Morgan fingerprint density at radius 3 is 2.55 bits per heavy atom. The molecular formula is C16H22N2O4. The maximum Gasteiger partial charge on any atom is 0.269 e. The lowest BCUT2D eigenvalue weighted by atomic mass is 9.70. The van der Waals surface area contributed by atoms with Crippen LogP contribution in [0, 0.1) is 16.0 Å². The second-order valence-corrected chi connectivity index (χ2v) is 7.15. The van der Waals surface area contributed by atoms with E-state index in [4.69, 9.17) is 0 Å². The van der Waals surface area contributed by atoms with Crippen molar-refractivity contribution in [2.24, 2.45) is 5.92 Å². The molecule has 0 radical (unpaired) electrons. The summed E-state index contributed by atoms with van der Waals surface area (Å²) < 4.78 is 0. The number of carbonyl (C=O) groups is 1. The van der Waals surface area contributed by atoms with Gasteiger partial charge < -0.3 is 10.4 Å². The Balaban J connectivity index is 2.36. The molecule has 1 heterocycles. The molecule has 0 spiro atoms. The predicted molar refractivity (Wildman–Crippen MR) is 82.5 cm³/mol. The highest BCUT2D eigenvalue weighted by Crippen LogP contribution is 2.39. The molecule has 1 aliphatic heterocycles. The van der Waals surface area contributed by atoms with Gasteiger partial charge in [0.1, 0.15) is 5.78 Å². The lowest BCUT2D eigenvalue weighted by Crippen LogP contribution is -2.64. The number of hydrogen-bond donors (Lipinski definition) is 2. The van der Waals surface area contributed by atoms with Gasteiger partial charge in [-0.2, -0.15) is 0 Å². The molecular weight excluding hydrogens is 284 g/mol. The summed E-state index contributed by atoms with van der Waals surface area (Å²) >= 11 is 0. The Bertz CT molecular complexity index is 610. The Morgan fingerprint density at radius 2 is 2.00 bits per heavy atom. The van der Waals surface area contributed by atoms with Crippen molar-refractivity contribution in [3.8, 4) is 0 Å². The fraction of sp³-hybridized carbons (Fsp3) is 0.562. The van der Waals surface area contributed by atoms with Crippen LogP contribution in [-0.4, -0.2) is 26.9 Å². The molecule has 1 fully saturated rings. The maximum atomic E-state index is 12.5. The summed E-state index contributed by atoms with van der Waals surface area (Å²) in [5.74, 6) is -0.685. The molecule has 1 aliphatic rings. The number of nitro groups is 1. The number of nitrogens with one attached hydrogen (secondary N) is 1. The number of carbonyl (C=O) groups excluding carboxylic acids is 1. The highest BCUT2D eigenvalue weighted by Gasteiger charge is 2.48. The van der Waals surface area contributed by atoms with Crippen molar-refractivity contribution < 1.29 is 14.8 Å². The van der Waals surface area contributed by atoms with Crippen LogP contribution in [0.4, 0.5) is 5.69 Å². The average Bonchev–Trinajstić information content (AvgIpc) is 2.35. The topological polar surface area (TPSA) is 92.5 Å². The van der Waals surface area contributed by atoms with E-state index in [1.165, 1.54) is 18.2 Å². The van der Waals surface area contributed by atoms with Crippen molar-refractivity contribution in [1.29, 1.82) is 0 Å². The minimum absolute atomic E-state index is 0.0345. The van der Waals surface area contributed by atoms with Crippen LogP contribution in [-0.2, 0) is 4.79 Å². The Labute approximate surface area is 129 Å². The largest absolute Gasteiger partial charge is 0.388 e. The number of aliphatic hydroxyl groups is 1. The van der Waals surface area contributed by atoms with Gasteiger partial charge in [-0.25, -0.2) is 0 Å². The molecule has 1 aromatic rings. The van der Waals surface area contributed by atoms with Crippen LogP contribution in [0.5, 0.6) is 0 Å². The summed E-state index contributed by atoms with van der Waals surface area (Å²) in [7, 11) is 0. The number of non-ortho nitro benzene ring substituents is 1. The molecule has 6 heteroatoms. The monoisotopic (exact) mass is 306 g/mol. The van der Waals surface area contributed by atoms with Crippen molar-refractivity contribution in [1.82, 2.24) is 5.32 Å². The van der Waals surface area contributed by atoms with Crippen LogP contribution in [0.3, 0.4) is 0 Å². The molecule has 0 amide bonds. The minimum atomic E-state index is -1.08. The third kappa shape index (κ3) is 3.18. The van der Waals surface area contributed by atoms with Crippen LogP contribution in [0.25, 0.3) is 0 Å². The Hall–Kier alpha value is -1.79. The van der Waals surface area contributed by atoms with Gasteiger partial charge in [-0.05, 0) is 33.3 Å². The summed E-state index contributed by atoms with van der Waals surface area (Å²) in [5.41, 5.74) is -0.643. The van der Waals surface area contributed by atoms with E-state index >= 15 is 0 Å².